The van der Waals surface area contributed by atoms with Gasteiger partial charge in [-0.2, -0.15) is 0 Å². The Morgan fingerprint density at radius 3 is 2.65 bits per heavy atom. The summed E-state index contributed by atoms with van der Waals surface area (Å²) in [5.74, 6) is 0.477. The molecule has 1 saturated heterocycles. The summed E-state index contributed by atoms with van der Waals surface area (Å²) in [6.07, 6.45) is 6.38. The number of carbonyl (C=O) groups excluding carboxylic acids is 1. The van der Waals surface area contributed by atoms with E-state index in [0.29, 0.717) is 12.0 Å². The SMILES string of the molecule is CCC(CO)NC1CCCC1C1CCCN1C(=O)OC(C)(C)C. The van der Waals surface area contributed by atoms with Gasteiger partial charge >= 0.3 is 6.09 Å². The molecular formula is C18H34N2O3. The fraction of sp³-hybridized carbons (Fsp3) is 0.944. The van der Waals surface area contributed by atoms with Gasteiger partial charge in [-0.05, 0) is 58.8 Å². The van der Waals surface area contributed by atoms with Crippen LogP contribution in [0, 0.1) is 5.92 Å². The summed E-state index contributed by atoms with van der Waals surface area (Å²) in [5.41, 5.74) is -0.443. The van der Waals surface area contributed by atoms with Gasteiger partial charge in [0.05, 0.1) is 6.61 Å². The van der Waals surface area contributed by atoms with Crippen LogP contribution in [0.15, 0.2) is 0 Å². The summed E-state index contributed by atoms with van der Waals surface area (Å²) in [6.45, 7) is 8.84. The van der Waals surface area contributed by atoms with Crippen molar-refractivity contribution >= 4 is 6.09 Å². The number of hydrogen-bond acceptors (Lipinski definition) is 4. The molecule has 5 heteroatoms. The average Bonchev–Trinajstić information content (AvgIpc) is 3.11. The lowest BCUT2D eigenvalue weighted by Gasteiger charge is -2.35. The first-order chi connectivity index (χ1) is 10.9. The molecule has 1 saturated carbocycles. The van der Waals surface area contributed by atoms with Crippen LogP contribution in [0.4, 0.5) is 4.79 Å². The first kappa shape index (κ1) is 18.5. The molecule has 134 valence electrons. The molecule has 5 nitrogen and oxygen atoms in total. The molecule has 2 N–H and O–H groups in total. The molecule has 1 amide bonds. The highest BCUT2D eigenvalue weighted by Crippen LogP contribution is 2.36. The van der Waals surface area contributed by atoms with E-state index in [1.165, 1.54) is 6.42 Å². The van der Waals surface area contributed by atoms with Crippen LogP contribution in [-0.4, -0.2) is 53.0 Å². The molecule has 2 rings (SSSR count). The average molecular weight is 326 g/mol. The predicted molar refractivity (Wildman–Crippen MR) is 91.4 cm³/mol. The quantitative estimate of drug-likeness (QED) is 0.815. The van der Waals surface area contributed by atoms with E-state index < -0.39 is 5.60 Å². The number of amides is 1. The third-order valence-electron chi connectivity index (χ3n) is 5.15. The molecule has 0 aromatic heterocycles. The van der Waals surface area contributed by atoms with Crippen molar-refractivity contribution in [2.24, 2.45) is 5.92 Å². The monoisotopic (exact) mass is 326 g/mol. The van der Waals surface area contributed by atoms with Crippen LogP contribution >= 0.6 is 0 Å². The van der Waals surface area contributed by atoms with Crippen molar-refractivity contribution in [1.29, 1.82) is 0 Å². The summed E-state index contributed by atoms with van der Waals surface area (Å²) in [6, 6.07) is 0.846. The Hall–Kier alpha value is -0.810. The Labute approximate surface area is 140 Å². The minimum absolute atomic E-state index is 0.164. The summed E-state index contributed by atoms with van der Waals surface area (Å²) in [7, 11) is 0. The lowest BCUT2D eigenvalue weighted by molar-refractivity contribution is 0.0163. The number of aliphatic hydroxyl groups excluding tert-OH is 1. The minimum atomic E-state index is -0.443. The van der Waals surface area contributed by atoms with Gasteiger partial charge in [0.1, 0.15) is 5.60 Å². The zero-order chi connectivity index (χ0) is 17.0. The fourth-order valence-electron chi connectivity index (χ4n) is 4.04. The highest BCUT2D eigenvalue weighted by Gasteiger charge is 2.42. The van der Waals surface area contributed by atoms with Gasteiger partial charge in [0.25, 0.3) is 0 Å². The number of ether oxygens (including phenoxy) is 1. The number of nitrogens with zero attached hydrogens (tertiary/aromatic N) is 1. The van der Waals surface area contributed by atoms with Crippen molar-refractivity contribution in [3.8, 4) is 0 Å². The molecule has 1 heterocycles. The standard InChI is InChI=1S/C18H34N2O3/c1-5-13(12-21)19-15-9-6-8-14(15)16-10-7-11-20(16)17(22)23-18(2,3)4/h13-16,19,21H,5-12H2,1-4H3. The summed E-state index contributed by atoms with van der Waals surface area (Å²) in [5, 5.41) is 13.1. The highest BCUT2D eigenvalue weighted by atomic mass is 16.6. The van der Waals surface area contributed by atoms with Crippen molar-refractivity contribution in [2.45, 2.75) is 89.9 Å². The van der Waals surface area contributed by atoms with E-state index in [0.717, 1.165) is 38.6 Å². The molecule has 0 spiro atoms. The maximum atomic E-state index is 12.5. The maximum absolute atomic E-state index is 12.5. The van der Waals surface area contributed by atoms with Gasteiger partial charge in [0, 0.05) is 24.7 Å². The van der Waals surface area contributed by atoms with Gasteiger partial charge in [-0.3, -0.25) is 0 Å². The smallest absolute Gasteiger partial charge is 0.410 e. The molecule has 0 radical (unpaired) electrons. The number of aliphatic hydroxyl groups is 1. The number of hydrogen-bond donors (Lipinski definition) is 2. The molecule has 2 aliphatic rings. The van der Waals surface area contributed by atoms with Crippen LogP contribution in [0.2, 0.25) is 0 Å². The van der Waals surface area contributed by atoms with Crippen molar-refractivity contribution in [1.82, 2.24) is 10.2 Å². The third-order valence-corrected chi connectivity index (χ3v) is 5.15. The van der Waals surface area contributed by atoms with Gasteiger partial charge in [-0.15, -0.1) is 0 Å². The predicted octanol–water partition coefficient (Wildman–Crippen LogP) is 2.92. The Morgan fingerprint density at radius 2 is 2.04 bits per heavy atom. The first-order valence-electron chi connectivity index (χ1n) is 9.22. The van der Waals surface area contributed by atoms with E-state index in [9.17, 15) is 9.90 Å². The van der Waals surface area contributed by atoms with E-state index >= 15 is 0 Å². The molecule has 23 heavy (non-hydrogen) atoms. The van der Waals surface area contributed by atoms with Gasteiger partial charge < -0.3 is 20.1 Å². The van der Waals surface area contributed by atoms with Crippen LogP contribution in [0.5, 0.6) is 0 Å². The van der Waals surface area contributed by atoms with E-state index in [2.05, 4.69) is 12.2 Å². The molecule has 2 fully saturated rings. The molecular weight excluding hydrogens is 292 g/mol. The van der Waals surface area contributed by atoms with E-state index in [1.54, 1.807) is 0 Å². The Balaban J connectivity index is 2.01. The molecule has 4 atom stereocenters. The number of carbonyl (C=O) groups is 1. The fourth-order valence-corrected chi connectivity index (χ4v) is 4.04. The molecule has 1 aliphatic carbocycles. The van der Waals surface area contributed by atoms with Crippen LogP contribution < -0.4 is 5.32 Å². The van der Waals surface area contributed by atoms with Gasteiger partial charge in [0.2, 0.25) is 0 Å². The van der Waals surface area contributed by atoms with E-state index in [1.807, 2.05) is 25.7 Å². The van der Waals surface area contributed by atoms with Gasteiger partial charge in [-0.25, -0.2) is 4.79 Å². The Kier molecular flexibility index (Phi) is 6.32. The second-order valence-electron chi connectivity index (χ2n) is 8.04. The summed E-state index contributed by atoms with van der Waals surface area (Å²) in [4.78, 5) is 14.5. The molecule has 4 unspecified atom stereocenters. The molecule has 0 aromatic carbocycles. The maximum Gasteiger partial charge on any atom is 0.410 e. The van der Waals surface area contributed by atoms with Gasteiger partial charge in [-0.1, -0.05) is 13.3 Å². The van der Waals surface area contributed by atoms with Crippen molar-refractivity contribution < 1.29 is 14.6 Å². The lowest BCUT2D eigenvalue weighted by atomic mass is 9.91. The minimum Gasteiger partial charge on any atom is -0.444 e. The largest absolute Gasteiger partial charge is 0.444 e. The van der Waals surface area contributed by atoms with E-state index in [4.69, 9.17) is 4.74 Å². The first-order valence-corrected chi connectivity index (χ1v) is 9.22. The zero-order valence-electron chi connectivity index (χ0n) is 15.2. The molecule has 0 aromatic rings. The summed E-state index contributed by atoms with van der Waals surface area (Å²) < 4.78 is 5.60. The van der Waals surface area contributed by atoms with Gasteiger partial charge in [0.15, 0.2) is 0 Å². The normalized spacial score (nSPS) is 29.8. The molecule has 0 bridgehead atoms. The third kappa shape index (κ3) is 4.83. The van der Waals surface area contributed by atoms with Crippen LogP contribution in [-0.2, 0) is 4.74 Å². The molecule has 1 aliphatic heterocycles. The van der Waals surface area contributed by atoms with Crippen molar-refractivity contribution in [3.63, 3.8) is 0 Å². The number of rotatable bonds is 5. The van der Waals surface area contributed by atoms with E-state index in [-0.39, 0.29) is 24.8 Å². The van der Waals surface area contributed by atoms with Crippen molar-refractivity contribution in [3.05, 3.63) is 0 Å². The van der Waals surface area contributed by atoms with Crippen LogP contribution in [0.3, 0.4) is 0 Å². The lowest BCUT2D eigenvalue weighted by Crippen LogP contribution is -2.50. The Morgan fingerprint density at radius 1 is 1.30 bits per heavy atom. The van der Waals surface area contributed by atoms with Crippen LogP contribution in [0.1, 0.15) is 66.2 Å². The zero-order valence-corrected chi connectivity index (χ0v) is 15.2. The highest BCUT2D eigenvalue weighted by molar-refractivity contribution is 5.69. The number of likely N-dealkylation sites (tertiary alicyclic amines) is 1. The van der Waals surface area contributed by atoms with Crippen molar-refractivity contribution in [2.75, 3.05) is 13.2 Å². The topological polar surface area (TPSA) is 61.8 Å². The Bertz CT molecular complexity index is 390. The second kappa shape index (κ2) is 7.84. The second-order valence-corrected chi connectivity index (χ2v) is 8.04. The summed E-state index contributed by atoms with van der Waals surface area (Å²) >= 11 is 0. The van der Waals surface area contributed by atoms with Crippen LogP contribution in [0.25, 0.3) is 0 Å². The number of nitrogens with one attached hydrogen (secondary N) is 1.